The molecular weight excluding hydrogens is 1470 g/mol. The van der Waals surface area contributed by atoms with Crippen LogP contribution in [0.1, 0.15) is 216 Å². The van der Waals surface area contributed by atoms with Gasteiger partial charge in [0.15, 0.2) is 0 Å². The third kappa shape index (κ3) is 12.4. The Bertz CT molecular complexity index is 5570. The molecule has 4 saturated carbocycles. The lowest BCUT2D eigenvalue weighted by molar-refractivity contribution is 0.700. The second kappa shape index (κ2) is 31.2. The van der Waals surface area contributed by atoms with Crippen LogP contribution < -0.4 is 14.7 Å². The number of para-hydroxylation sites is 6. The predicted octanol–water partition coefficient (Wildman–Crippen LogP) is 32.3. The van der Waals surface area contributed by atoms with Crippen molar-refractivity contribution < 1.29 is 0 Å². The Morgan fingerprint density at radius 1 is 0.172 bits per heavy atom. The number of rotatable bonds is 16. The summed E-state index contributed by atoms with van der Waals surface area (Å²) in [7, 11) is 0. The molecule has 122 heavy (non-hydrogen) atoms. The molecule has 0 bridgehead atoms. The fourth-order valence-corrected chi connectivity index (χ4v) is 23.8. The van der Waals surface area contributed by atoms with Gasteiger partial charge in [0.1, 0.15) is 0 Å². The van der Waals surface area contributed by atoms with E-state index in [0.29, 0.717) is 0 Å². The standard InChI is InChI=1S/C74H53N3.C45H48/c1-9-25-53(26-10-1)73(54-27-11-2-12-28-54)55-41-45-65-66-46-42-62(75(56-29-13-3-14-30-56)57-31-15-4-16-32-57)50-70(66)74(69(65)49-55)71-51-63(76(58-33-17-5-18-34-58)59-35-19-6-20-36-59)43-47-67(71)68-48-44-64(52-72(68)74)77(60-37-21-7-22-38-60)61-39-23-8-24-40-61;1-2-10-29(9-1)33-17-21-37-38-22-18-34(30-11-3-4-12-30)26-42(38)45(41(37)25-33)43-27-35(31-13-5-6-14-31)19-23-39(43)40-24-20-36(28-44(40)45)32-15-7-8-16-32/h1-52,73H;17-32H,1-16H2. The smallest absolute Gasteiger partial charge is 0.0727 e. The molecule has 0 heterocycles. The summed E-state index contributed by atoms with van der Waals surface area (Å²) in [5.41, 5.74) is 41.3. The maximum atomic E-state index is 2.73. The van der Waals surface area contributed by atoms with E-state index in [2.05, 4.69) is 403 Å². The van der Waals surface area contributed by atoms with Gasteiger partial charge in [0.2, 0.25) is 0 Å². The van der Waals surface area contributed by atoms with Crippen molar-refractivity contribution in [1.29, 1.82) is 0 Å². The SMILES string of the molecule is c1cc2c(cc1C1CCCC1)C1(c3cc(C4CCCC4)ccc3-2)c2cc(C3CCCC3)ccc2-c2ccc(C3CCCC3)cc21.c1ccc(C(c2ccccc2)c2ccc3c(c2)C2(c4cc(N(c5ccccc5)c5ccccc5)ccc4-3)c3cc(N(c4ccccc4)c4ccccc4)ccc3-c3ccc(N(c4ccccc4)c4ccccc4)cc32)cc1. The summed E-state index contributed by atoms with van der Waals surface area (Å²) in [4.78, 5) is 7.23. The highest BCUT2D eigenvalue weighted by Gasteiger charge is 2.55. The van der Waals surface area contributed by atoms with E-state index < -0.39 is 5.41 Å². The van der Waals surface area contributed by atoms with Crippen molar-refractivity contribution in [2.45, 2.75) is 143 Å². The predicted molar refractivity (Wildman–Crippen MR) is 508 cm³/mol. The van der Waals surface area contributed by atoms with Crippen LogP contribution in [0.3, 0.4) is 0 Å². The summed E-state index contributed by atoms with van der Waals surface area (Å²) in [6.45, 7) is 0. The normalized spacial score (nSPS) is 16.1. The molecule has 24 rings (SSSR count). The first-order chi connectivity index (χ1) is 60.5. The van der Waals surface area contributed by atoms with Gasteiger partial charge < -0.3 is 14.7 Å². The number of hydrogen-bond acceptors (Lipinski definition) is 3. The Labute approximate surface area is 720 Å². The first-order valence-corrected chi connectivity index (χ1v) is 45.5. The van der Waals surface area contributed by atoms with Gasteiger partial charge in [-0.15, -0.1) is 0 Å². The van der Waals surface area contributed by atoms with Gasteiger partial charge in [0, 0.05) is 57.1 Å². The maximum Gasteiger partial charge on any atom is 0.0727 e. The topological polar surface area (TPSA) is 9.72 Å². The second-order valence-corrected chi connectivity index (χ2v) is 35.9. The zero-order chi connectivity index (χ0) is 80.7. The van der Waals surface area contributed by atoms with E-state index >= 15 is 0 Å². The molecule has 4 fully saturated rings. The second-order valence-electron chi connectivity index (χ2n) is 35.9. The highest BCUT2D eigenvalue weighted by molar-refractivity contribution is 6.00. The van der Waals surface area contributed by atoms with Gasteiger partial charge >= 0.3 is 0 Å². The Hall–Kier alpha value is -13.1. The molecule has 0 aromatic heterocycles. The Morgan fingerprint density at radius 2 is 0.369 bits per heavy atom. The number of nitrogens with zero attached hydrogens (tertiary/aromatic N) is 3. The first kappa shape index (κ1) is 74.0. The molecule has 16 aromatic carbocycles. The van der Waals surface area contributed by atoms with Crippen molar-refractivity contribution in [3.05, 3.63) is 472 Å². The zero-order valence-electron chi connectivity index (χ0n) is 69.5. The Morgan fingerprint density at radius 3 is 0.607 bits per heavy atom. The highest BCUT2D eigenvalue weighted by atomic mass is 15.2. The molecule has 16 aromatic rings. The summed E-state index contributed by atoms with van der Waals surface area (Å²) >= 11 is 0. The molecule has 0 amide bonds. The molecule has 0 unspecified atom stereocenters. The van der Waals surface area contributed by atoms with Crippen molar-refractivity contribution in [3.8, 4) is 44.5 Å². The van der Waals surface area contributed by atoms with Gasteiger partial charge in [-0.25, -0.2) is 0 Å². The molecule has 0 radical (unpaired) electrons. The molecule has 8 aliphatic carbocycles. The number of benzene rings is 16. The summed E-state index contributed by atoms with van der Waals surface area (Å²) in [5, 5.41) is 0. The molecular formula is C119H101N3. The minimum Gasteiger partial charge on any atom is -0.310 e. The first-order valence-electron chi connectivity index (χ1n) is 45.5. The van der Waals surface area contributed by atoms with Gasteiger partial charge in [-0.05, 0) is 312 Å². The highest BCUT2D eigenvalue weighted by Crippen LogP contribution is 2.68. The van der Waals surface area contributed by atoms with Crippen molar-refractivity contribution in [1.82, 2.24) is 0 Å². The summed E-state index contributed by atoms with van der Waals surface area (Å²) in [5.74, 6) is 2.88. The van der Waals surface area contributed by atoms with Crippen LogP contribution in [0.4, 0.5) is 51.2 Å². The van der Waals surface area contributed by atoms with E-state index in [1.165, 1.54) is 186 Å². The number of anilines is 9. The van der Waals surface area contributed by atoms with Gasteiger partial charge in [0.05, 0.1) is 10.8 Å². The van der Waals surface area contributed by atoms with Crippen LogP contribution in [0.2, 0.25) is 0 Å². The fourth-order valence-electron chi connectivity index (χ4n) is 23.8. The summed E-state index contributed by atoms with van der Waals surface area (Å²) in [6, 6.07) is 147. The van der Waals surface area contributed by atoms with E-state index in [1.54, 1.807) is 44.5 Å². The van der Waals surface area contributed by atoms with Crippen molar-refractivity contribution in [2.75, 3.05) is 14.7 Å². The van der Waals surface area contributed by atoms with Crippen LogP contribution in [-0.4, -0.2) is 0 Å². The number of fused-ring (bicyclic) bond motifs is 20. The van der Waals surface area contributed by atoms with E-state index in [-0.39, 0.29) is 11.3 Å². The van der Waals surface area contributed by atoms with Crippen LogP contribution >= 0.6 is 0 Å². The van der Waals surface area contributed by atoms with Gasteiger partial charge in [-0.3, -0.25) is 0 Å². The van der Waals surface area contributed by atoms with Gasteiger partial charge in [0.25, 0.3) is 0 Å². The van der Waals surface area contributed by atoms with Crippen molar-refractivity contribution in [2.24, 2.45) is 0 Å². The third-order valence-corrected chi connectivity index (χ3v) is 29.4. The Balaban J connectivity index is 0.000000162. The van der Waals surface area contributed by atoms with Crippen LogP contribution in [0.25, 0.3) is 44.5 Å². The Kier molecular flexibility index (Phi) is 18.9. The van der Waals surface area contributed by atoms with Crippen LogP contribution in [0.5, 0.6) is 0 Å². The molecule has 8 aliphatic rings. The van der Waals surface area contributed by atoms with E-state index in [1.807, 2.05) is 0 Å². The van der Waals surface area contributed by atoms with E-state index in [0.717, 1.165) is 74.9 Å². The monoisotopic (exact) mass is 1570 g/mol. The quantitative estimate of drug-likeness (QED) is 0.0893. The maximum absolute atomic E-state index is 2.73. The lowest BCUT2D eigenvalue weighted by atomic mass is 9.68. The molecule has 0 atom stereocenters. The molecule has 2 spiro atoms. The number of hydrogen-bond donors (Lipinski definition) is 0. The summed E-state index contributed by atoms with van der Waals surface area (Å²) in [6.07, 6.45) is 22.0. The van der Waals surface area contributed by atoms with Crippen molar-refractivity contribution in [3.63, 3.8) is 0 Å². The zero-order valence-corrected chi connectivity index (χ0v) is 69.5. The molecule has 0 N–H and O–H groups in total. The van der Waals surface area contributed by atoms with E-state index in [4.69, 9.17) is 0 Å². The van der Waals surface area contributed by atoms with Gasteiger partial charge in [-0.2, -0.15) is 0 Å². The average molecular weight is 1570 g/mol. The molecule has 3 nitrogen and oxygen atoms in total. The average Bonchev–Trinajstić information content (AvgIpc) is 1.51. The van der Waals surface area contributed by atoms with E-state index in [9.17, 15) is 0 Å². The minimum absolute atomic E-state index is 0.0120. The summed E-state index contributed by atoms with van der Waals surface area (Å²) < 4.78 is 0. The van der Waals surface area contributed by atoms with Crippen LogP contribution in [0.15, 0.2) is 388 Å². The lowest BCUT2D eigenvalue weighted by Crippen LogP contribution is -2.27. The minimum atomic E-state index is -0.789. The fraction of sp³-hybridized carbons (Fsp3) is 0.193. The molecule has 0 saturated heterocycles. The lowest BCUT2D eigenvalue weighted by Gasteiger charge is -2.34. The molecule has 3 heteroatoms. The van der Waals surface area contributed by atoms with Gasteiger partial charge in [-0.1, -0.05) is 330 Å². The van der Waals surface area contributed by atoms with Crippen molar-refractivity contribution >= 4 is 51.2 Å². The molecule has 0 aliphatic heterocycles. The van der Waals surface area contributed by atoms with Crippen LogP contribution in [-0.2, 0) is 10.8 Å². The van der Waals surface area contributed by atoms with Crippen LogP contribution in [0, 0.1) is 0 Å². The molecule has 592 valence electrons. The third-order valence-electron chi connectivity index (χ3n) is 29.4. The largest absolute Gasteiger partial charge is 0.310 e.